The SMILES string of the molecule is CCCCc1ccc(-c2ccc(C#Cc3c(C)cc(-c4ccc(CCC)cc4)cc3F)c(F)c2)cc1. The standard InChI is InChI=1S/C34H32F2/c1-4-6-8-26-11-13-27(14-12-26)30-18-17-29(33(35)22-30)19-20-32-24(3)21-31(23-34(32)36)28-15-9-25(7-5-2)10-16-28/h9-18,21-23H,4-8H2,1-3H3. The third kappa shape index (κ3) is 6.10. The Morgan fingerprint density at radius 3 is 1.75 bits per heavy atom. The van der Waals surface area contributed by atoms with Crippen LogP contribution >= 0.6 is 0 Å². The lowest BCUT2D eigenvalue weighted by Crippen LogP contribution is -1.93. The third-order valence-electron chi connectivity index (χ3n) is 6.51. The van der Waals surface area contributed by atoms with Gasteiger partial charge in [0.05, 0.1) is 11.1 Å². The molecule has 0 radical (unpaired) electrons. The highest BCUT2D eigenvalue weighted by Crippen LogP contribution is 2.26. The smallest absolute Gasteiger partial charge is 0.139 e. The minimum Gasteiger partial charge on any atom is -0.206 e. The highest BCUT2D eigenvalue weighted by Gasteiger charge is 2.09. The van der Waals surface area contributed by atoms with Crippen LogP contribution in [0.1, 0.15) is 60.9 Å². The first-order valence-corrected chi connectivity index (χ1v) is 12.8. The molecule has 2 heteroatoms. The Balaban J connectivity index is 1.54. The predicted molar refractivity (Wildman–Crippen MR) is 147 cm³/mol. The summed E-state index contributed by atoms with van der Waals surface area (Å²) < 4.78 is 29.9. The molecule has 182 valence electrons. The molecular weight excluding hydrogens is 446 g/mol. The van der Waals surface area contributed by atoms with Crippen LogP contribution in [-0.2, 0) is 12.8 Å². The van der Waals surface area contributed by atoms with Gasteiger partial charge in [0.25, 0.3) is 0 Å². The van der Waals surface area contributed by atoms with E-state index >= 15 is 0 Å². The lowest BCUT2D eigenvalue weighted by atomic mass is 9.97. The van der Waals surface area contributed by atoms with E-state index in [1.807, 2.05) is 43.3 Å². The molecule has 0 aliphatic carbocycles. The van der Waals surface area contributed by atoms with E-state index in [4.69, 9.17) is 0 Å². The van der Waals surface area contributed by atoms with Gasteiger partial charge in [0.15, 0.2) is 0 Å². The maximum atomic E-state index is 15.0. The van der Waals surface area contributed by atoms with Crippen molar-refractivity contribution >= 4 is 0 Å². The monoisotopic (exact) mass is 478 g/mol. The normalized spacial score (nSPS) is 10.7. The van der Waals surface area contributed by atoms with Crippen LogP contribution in [0.4, 0.5) is 8.78 Å². The Hall–Kier alpha value is -3.70. The van der Waals surface area contributed by atoms with Crippen LogP contribution in [0.15, 0.2) is 78.9 Å². The Kier molecular flexibility index (Phi) is 8.34. The van der Waals surface area contributed by atoms with E-state index in [9.17, 15) is 8.78 Å². The van der Waals surface area contributed by atoms with Gasteiger partial charge in [-0.2, -0.15) is 0 Å². The minimum atomic E-state index is -0.406. The molecular formula is C34H32F2. The van der Waals surface area contributed by atoms with Crippen LogP contribution in [0.2, 0.25) is 0 Å². The van der Waals surface area contributed by atoms with E-state index in [-0.39, 0.29) is 5.56 Å². The number of unbranched alkanes of at least 4 members (excludes halogenated alkanes) is 1. The summed E-state index contributed by atoms with van der Waals surface area (Å²) in [5, 5.41) is 0. The van der Waals surface area contributed by atoms with E-state index < -0.39 is 11.6 Å². The first-order chi connectivity index (χ1) is 17.5. The van der Waals surface area contributed by atoms with E-state index in [0.717, 1.165) is 59.9 Å². The van der Waals surface area contributed by atoms with Gasteiger partial charge in [0.2, 0.25) is 0 Å². The highest BCUT2D eigenvalue weighted by atomic mass is 19.1. The number of halogens is 2. The molecule has 0 spiro atoms. The van der Waals surface area contributed by atoms with Gasteiger partial charge >= 0.3 is 0 Å². The van der Waals surface area contributed by atoms with Gasteiger partial charge in [0, 0.05) is 0 Å². The Labute approximate surface area is 214 Å². The van der Waals surface area contributed by atoms with Gasteiger partial charge in [-0.25, -0.2) is 8.78 Å². The summed E-state index contributed by atoms with van der Waals surface area (Å²) in [6, 6.07) is 25.0. The molecule has 0 aliphatic rings. The van der Waals surface area contributed by atoms with Crippen molar-refractivity contribution in [2.75, 3.05) is 0 Å². The first-order valence-electron chi connectivity index (χ1n) is 12.8. The average Bonchev–Trinajstić information content (AvgIpc) is 2.88. The minimum absolute atomic E-state index is 0.257. The number of hydrogen-bond acceptors (Lipinski definition) is 0. The number of hydrogen-bond donors (Lipinski definition) is 0. The molecule has 0 amide bonds. The Morgan fingerprint density at radius 1 is 0.583 bits per heavy atom. The van der Waals surface area contributed by atoms with Crippen molar-refractivity contribution < 1.29 is 8.78 Å². The largest absolute Gasteiger partial charge is 0.206 e. The maximum absolute atomic E-state index is 15.0. The molecule has 0 saturated carbocycles. The molecule has 0 saturated heterocycles. The summed E-state index contributed by atoms with van der Waals surface area (Å²) in [6.45, 7) is 6.17. The van der Waals surface area contributed by atoms with Gasteiger partial charge < -0.3 is 0 Å². The van der Waals surface area contributed by atoms with E-state index in [0.29, 0.717) is 5.56 Å². The number of rotatable bonds is 7. The third-order valence-corrected chi connectivity index (χ3v) is 6.51. The zero-order chi connectivity index (χ0) is 25.5. The second kappa shape index (κ2) is 11.8. The van der Waals surface area contributed by atoms with Crippen LogP contribution < -0.4 is 0 Å². The van der Waals surface area contributed by atoms with Crippen LogP contribution in [0.25, 0.3) is 22.3 Å². The van der Waals surface area contributed by atoms with Crippen molar-refractivity contribution in [3.63, 3.8) is 0 Å². The van der Waals surface area contributed by atoms with E-state index in [1.165, 1.54) is 23.3 Å². The number of aryl methyl sites for hydroxylation is 3. The summed E-state index contributed by atoms with van der Waals surface area (Å²) in [5.41, 5.74) is 7.41. The molecule has 0 nitrogen and oxygen atoms in total. The lowest BCUT2D eigenvalue weighted by molar-refractivity contribution is 0.622. The molecule has 4 aromatic carbocycles. The van der Waals surface area contributed by atoms with Crippen molar-refractivity contribution in [1.82, 2.24) is 0 Å². The number of benzene rings is 4. The molecule has 0 atom stereocenters. The molecule has 0 aromatic heterocycles. The first kappa shape index (κ1) is 25.4. The lowest BCUT2D eigenvalue weighted by Gasteiger charge is -2.08. The molecule has 4 rings (SSSR count). The molecule has 0 heterocycles. The van der Waals surface area contributed by atoms with Crippen LogP contribution in [-0.4, -0.2) is 0 Å². The van der Waals surface area contributed by atoms with Crippen molar-refractivity contribution in [2.45, 2.75) is 52.9 Å². The van der Waals surface area contributed by atoms with Gasteiger partial charge in [-0.05, 0) is 89.4 Å². The van der Waals surface area contributed by atoms with Crippen LogP contribution in [0, 0.1) is 30.4 Å². The second-order valence-electron chi connectivity index (χ2n) is 9.34. The average molecular weight is 479 g/mol. The zero-order valence-corrected chi connectivity index (χ0v) is 21.3. The fraction of sp³-hybridized carbons (Fsp3) is 0.235. The molecule has 0 bridgehead atoms. The van der Waals surface area contributed by atoms with Crippen molar-refractivity contribution in [2.24, 2.45) is 0 Å². The quantitative estimate of drug-likeness (QED) is 0.232. The van der Waals surface area contributed by atoms with Crippen molar-refractivity contribution in [3.05, 3.63) is 118 Å². The van der Waals surface area contributed by atoms with Gasteiger partial charge in [-0.15, -0.1) is 0 Å². The fourth-order valence-corrected chi connectivity index (χ4v) is 4.39. The summed E-state index contributed by atoms with van der Waals surface area (Å²) in [6.07, 6.45) is 5.51. The molecule has 4 aromatic rings. The predicted octanol–water partition coefficient (Wildman–Crippen LogP) is 9.30. The van der Waals surface area contributed by atoms with Gasteiger partial charge in [0.1, 0.15) is 11.6 Å². The topological polar surface area (TPSA) is 0 Å². The van der Waals surface area contributed by atoms with Gasteiger partial charge in [-0.1, -0.05) is 93.1 Å². The summed E-state index contributed by atoms with van der Waals surface area (Å²) in [7, 11) is 0. The van der Waals surface area contributed by atoms with Crippen molar-refractivity contribution in [1.29, 1.82) is 0 Å². The molecule has 0 fully saturated rings. The van der Waals surface area contributed by atoms with Crippen LogP contribution in [0.3, 0.4) is 0 Å². The zero-order valence-electron chi connectivity index (χ0n) is 21.3. The van der Waals surface area contributed by atoms with E-state index in [2.05, 4.69) is 50.0 Å². The van der Waals surface area contributed by atoms with Crippen LogP contribution in [0.5, 0.6) is 0 Å². The summed E-state index contributed by atoms with van der Waals surface area (Å²) in [5.74, 6) is 4.90. The highest BCUT2D eigenvalue weighted by molar-refractivity contribution is 5.68. The summed E-state index contributed by atoms with van der Waals surface area (Å²) >= 11 is 0. The van der Waals surface area contributed by atoms with Gasteiger partial charge in [-0.3, -0.25) is 0 Å². The summed E-state index contributed by atoms with van der Waals surface area (Å²) in [4.78, 5) is 0. The molecule has 0 unspecified atom stereocenters. The second-order valence-corrected chi connectivity index (χ2v) is 9.34. The van der Waals surface area contributed by atoms with E-state index in [1.54, 1.807) is 6.07 Å². The fourth-order valence-electron chi connectivity index (χ4n) is 4.39. The maximum Gasteiger partial charge on any atom is 0.139 e. The molecule has 36 heavy (non-hydrogen) atoms. The molecule has 0 N–H and O–H groups in total. The molecule has 0 aliphatic heterocycles. The van der Waals surface area contributed by atoms with Crippen molar-refractivity contribution in [3.8, 4) is 34.1 Å². The Morgan fingerprint density at radius 2 is 1.17 bits per heavy atom. The Bertz CT molecular complexity index is 1360.